The molecule has 3 aromatic rings. The van der Waals surface area contributed by atoms with Crippen molar-refractivity contribution in [2.45, 2.75) is 13.3 Å². The van der Waals surface area contributed by atoms with Gasteiger partial charge in [0.1, 0.15) is 5.82 Å². The summed E-state index contributed by atoms with van der Waals surface area (Å²) in [5, 5.41) is 2.34. The molecule has 2 heterocycles. The molecule has 4 rings (SSSR count). The molecule has 0 aliphatic carbocycles. The fourth-order valence-corrected chi connectivity index (χ4v) is 3.78. The predicted octanol–water partition coefficient (Wildman–Crippen LogP) is 2.90. The Morgan fingerprint density at radius 3 is 2.48 bits per heavy atom. The first-order valence-corrected chi connectivity index (χ1v) is 10.0. The number of nitrogens with zero attached hydrogens (tertiary/aromatic N) is 5. The van der Waals surface area contributed by atoms with Crippen molar-refractivity contribution in [3.05, 3.63) is 59.8 Å². The van der Waals surface area contributed by atoms with Gasteiger partial charge in [0.25, 0.3) is 0 Å². The molecule has 1 saturated heterocycles. The van der Waals surface area contributed by atoms with Gasteiger partial charge in [0, 0.05) is 52.0 Å². The molecule has 0 N–H and O–H groups in total. The van der Waals surface area contributed by atoms with Gasteiger partial charge in [-0.25, -0.2) is 4.98 Å². The van der Waals surface area contributed by atoms with E-state index in [4.69, 9.17) is 0 Å². The monoisotopic (exact) mass is 389 g/mol. The lowest BCUT2D eigenvalue weighted by Gasteiger charge is -2.35. The number of carbonyl (C=O) groups is 1. The average molecular weight is 390 g/mol. The quantitative estimate of drug-likeness (QED) is 0.687. The number of hydrogen-bond donors (Lipinski definition) is 0. The third-order valence-corrected chi connectivity index (χ3v) is 5.42. The maximum Gasteiger partial charge on any atom is 0.227 e. The molecule has 6 nitrogen and oxygen atoms in total. The van der Waals surface area contributed by atoms with E-state index in [1.807, 2.05) is 55.1 Å². The van der Waals surface area contributed by atoms with E-state index in [2.05, 4.69) is 39.1 Å². The highest BCUT2D eigenvalue weighted by Crippen LogP contribution is 2.21. The molecular weight excluding hydrogens is 362 g/mol. The number of amides is 1. The highest BCUT2D eigenvalue weighted by molar-refractivity contribution is 5.90. The Kier molecular flexibility index (Phi) is 5.34. The van der Waals surface area contributed by atoms with Crippen LogP contribution in [0.3, 0.4) is 0 Å². The van der Waals surface area contributed by atoms with E-state index in [1.54, 1.807) is 0 Å². The van der Waals surface area contributed by atoms with Crippen molar-refractivity contribution in [3.63, 3.8) is 0 Å². The van der Waals surface area contributed by atoms with Crippen molar-refractivity contribution in [1.29, 1.82) is 0 Å². The molecule has 0 spiro atoms. The average Bonchev–Trinajstić information content (AvgIpc) is 2.73. The van der Waals surface area contributed by atoms with Crippen LogP contribution in [0, 0.1) is 6.92 Å². The van der Waals surface area contributed by atoms with Gasteiger partial charge in [-0.1, -0.05) is 42.5 Å². The molecule has 1 amide bonds. The van der Waals surface area contributed by atoms with Gasteiger partial charge in [-0.05, 0) is 23.3 Å². The van der Waals surface area contributed by atoms with Crippen LogP contribution < -0.4 is 9.80 Å². The number of fused-ring (bicyclic) bond motifs is 1. The van der Waals surface area contributed by atoms with Crippen molar-refractivity contribution in [1.82, 2.24) is 14.9 Å². The Balaban J connectivity index is 1.42. The molecule has 1 aliphatic heterocycles. The van der Waals surface area contributed by atoms with Crippen molar-refractivity contribution in [2.24, 2.45) is 0 Å². The summed E-state index contributed by atoms with van der Waals surface area (Å²) in [7, 11) is 3.96. The fraction of sp³-hybridized carbons (Fsp3) is 0.348. The van der Waals surface area contributed by atoms with Crippen molar-refractivity contribution >= 4 is 28.4 Å². The standard InChI is InChI=1S/C23H27N5O/c1-17-15-21(26(2)3)25-23(24-17)28-13-11-27(12-14-28)22(29)16-19-9-6-8-18-7-4-5-10-20(18)19/h4-10,15H,11-14,16H2,1-3H3. The van der Waals surface area contributed by atoms with Crippen LogP contribution in [-0.4, -0.2) is 61.0 Å². The highest BCUT2D eigenvalue weighted by atomic mass is 16.2. The first kappa shape index (κ1) is 19.2. The Labute approximate surface area is 171 Å². The Bertz CT molecular complexity index is 1020. The van der Waals surface area contributed by atoms with Crippen LogP contribution in [0.1, 0.15) is 11.3 Å². The molecule has 0 unspecified atom stereocenters. The molecule has 150 valence electrons. The lowest BCUT2D eigenvalue weighted by Crippen LogP contribution is -2.49. The molecule has 0 bridgehead atoms. The van der Waals surface area contributed by atoms with E-state index in [0.717, 1.165) is 41.5 Å². The Hall–Kier alpha value is -3.15. The predicted molar refractivity (Wildman–Crippen MR) is 118 cm³/mol. The minimum atomic E-state index is 0.181. The smallest absolute Gasteiger partial charge is 0.227 e. The second-order valence-electron chi connectivity index (χ2n) is 7.74. The summed E-state index contributed by atoms with van der Waals surface area (Å²) in [5.41, 5.74) is 2.04. The lowest BCUT2D eigenvalue weighted by atomic mass is 10.0. The van der Waals surface area contributed by atoms with Crippen LogP contribution in [0.25, 0.3) is 10.8 Å². The number of rotatable bonds is 4. The zero-order valence-corrected chi connectivity index (χ0v) is 17.3. The van der Waals surface area contributed by atoms with Gasteiger partial charge in [-0.15, -0.1) is 0 Å². The summed E-state index contributed by atoms with van der Waals surface area (Å²) in [5.74, 6) is 1.83. The minimum Gasteiger partial charge on any atom is -0.363 e. The Morgan fingerprint density at radius 2 is 1.72 bits per heavy atom. The second kappa shape index (κ2) is 8.07. The number of benzene rings is 2. The number of hydrogen-bond acceptors (Lipinski definition) is 5. The zero-order valence-electron chi connectivity index (χ0n) is 17.3. The topological polar surface area (TPSA) is 52.6 Å². The van der Waals surface area contributed by atoms with Gasteiger partial charge >= 0.3 is 0 Å². The largest absolute Gasteiger partial charge is 0.363 e. The van der Waals surface area contributed by atoms with Crippen molar-refractivity contribution in [3.8, 4) is 0 Å². The van der Waals surface area contributed by atoms with Gasteiger partial charge in [-0.3, -0.25) is 4.79 Å². The SMILES string of the molecule is Cc1cc(N(C)C)nc(N2CCN(C(=O)Cc3cccc4ccccc34)CC2)n1. The molecule has 1 fully saturated rings. The second-order valence-corrected chi connectivity index (χ2v) is 7.74. The molecule has 1 aromatic heterocycles. The number of aromatic nitrogens is 2. The summed E-state index contributed by atoms with van der Waals surface area (Å²) >= 11 is 0. The molecule has 0 saturated carbocycles. The minimum absolute atomic E-state index is 0.181. The van der Waals surface area contributed by atoms with Gasteiger partial charge in [-0.2, -0.15) is 4.98 Å². The van der Waals surface area contributed by atoms with Crippen molar-refractivity contribution in [2.75, 3.05) is 50.1 Å². The number of aryl methyl sites for hydroxylation is 1. The highest BCUT2D eigenvalue weighted by Gasteiger charge is 2.23. The van der Waals surface area contributed by atoms with Crippen LogP contribution in [0.4, 0.5) is 11.8 Å². The zero-order chi connectivity index (χ0) is 20.4. The first-order chi connectivity index (χ1) is 14.0. The maximum absolute atomic E-state index is 12.9. The van der Waals surface area contributed by atoms with E-state index >= 15 is 0 Å². The summed E-state index contributed by atoms with van der Waals surface area (Å²) in [6.45, 7) is 4.87. The molecule has 6 heteroatoms. The number of piperazine rings is 1. The number of anilines is 2. The van der Waals surface area contributed by atoms with Crippen molar-refractivity contribution < 1.29 is 4.79 Å². The van der Waals surface area contributed by atoms with Gasteiger partial charge in [0.15, 0.2) is 0 Å². The van der Waals surface area contributed by atoms with E-state index in [-0.39, 0.29) is 5.91 Å². The third-order valence-electron chi connectivity index (χ3n) is 5.42. The summed E-state index contributed by atoms with van der Waals surface area (Å²) in [6, 6.07) is 16.4. The normalized spacial score (nSPS) is 14.3. The lowest BCUT2D eigenvalue weighted by molar-refractivity contribution is -0.130. The molecule has 0 atom stereocenters. The molecule has 2 aromatic carbocycles. The van der Waals surface area contributed by atoms with Crippen LogP contribution in [0.15, 0.2) is 48.5 Å². The molecule has 29 heavy (non-hydrogen) atoms. The first-order valence-electron chi connectivity index (χ1n) is 10.0. The molecule has 0 radical (unpaired) electrons. The van der Waals surface area contributed by atoms with E-state index < -0.39 is 0 Å². The van der Waals surface area contributed by atoms with E-state index in [9.17, 15) is 4.79 Å². The molecule has 1 aliphatic rings. The summed E-state index contributed by atoms with van der Waals surface area (Å²) < 4.78 is 0. The van der Waals surface area contributed by atoms with Gasteiger partial charge in [0.2, 0.25) is 11.9 Å². The van der Waals surface area contributed by atoms with Crippen LogP contribution >= 0.6 is 0 Å². The van der Waals surface area contributed by atoms with Crippen LogP contribution in [0.2, 0.25) is 0 Å². The van der Waals surface area contributed by atoms with Crippen LogP contribution in [0.5, 0.6) is 0 Å². The van der Waals surface area contributed by atoms with E-state index in [0.29, 0.717) is 19.5 Å². The summed E-state index contributed by atoms with van der Waals surface area (Å²) in [4.78, 5) is 28.3. The summed E-state index contributed by atoms with van der Waals surface area (Å²) in [6.07, 6.45) is 0.438. The third kappa shape index (κ3) is 4.16. The van der Waals surface area contributed by atoms with Crippen LogP contribution in [-0.2, 0) is 11.2 Å². The van der Waals surface area contributed by atoms with Gasteiger partial charge < -0.3 is 14.7 Å². The van der Waals surface area contributed by atoms with E-state index in [1.165, 1.54) is 5.39 Å². The Morgan fingerprint density at radius 1 is 1.00 bits per heavy atom. The van der Waals surface area contributed by atoms with Gasteiger partial charge in [0.05, 0.1) is 6.42 Å². The molecular formula is C23H27N5O. The number of carbonyl (C=O) groups excluding carboxylic acids is 1. The fourth-order valence-electron chi connectivity index (χ4n) is 3.78. The maximum atomic E-state index is 12.9.